The van der Waals surface area contributed by atoms with E-state index in [2.05, 4.69) is 9.88 Å². The number of benzene rings is 2. The van der Waals surface area contributed by atoms with Crippen molar-refractivity contribution in [2.75, 3.05) is 23.8 Å². The van der Waals surface area contributed by atoms with Crippen LogP contribution < -0.4 is 10.2 Å². The highest BCUT2D eigenvalue weighted by molar-refractivity contribution is 8.00. The van der Waals surface area contributed by atoms with Gasteiger partial charge in [-0.15, -0.1) is 0 Å². The summed E-state index contributed by atoms with van der Waals surface area (Å²) in [7, 11) is 1.98. The van der Waals surface area contributed by atoms with Gasteiger partial charge in [-0.3, -0.25) is 14.5 Å². The van der Waals surface area contributed by atoms with E-state index < -0.39 is 6.04 Å². The fourth-order valence-electron chi connectivity index (χ4n) is 4.28. The van der Waals surface area contributed by atoms with Crippen molar-refractivity contribution in [1.82, 2.24) is 9.88 Å². The number of hydrogen-bond donors (Lipinski definition) is 1. The molecule has 3 aromatic rings. The first-order chi connectivity index (χ1) is 16.3. The minimum Gasteiger partial charge on any atom is -0.379 e. The summed E-state index contributed by atoms with van der Waals surface area (Å²) in [5.41, 5.74) is 3.41. The first-order valence-electron chi connectivity index (χ1n) is 11.5. The number of ether oxygens (including phenoxy) is 1. The average Bonchev–Trinajstić information content (AvgIpc) is 2.98. The number of aromatic nitrogens is 1. The predicted octanol–water partition coefficient (Wildman–Crippen LogP) is 5.25. The number of fused-ring (bicyclic) bond motifs is 3. The number of nitrogens with one attached hydrogen (secondary N) is 1. The smallest absolute Gasteiger partial charge is 0.247 e. The van der Waals surface area contributed by atoms with Gasteiger partial charge in [0, 0.05) is 47.4 Å². The van der Waals surface area contributed by atoms with Gasteiger partial charge in [0.05, 0.1) is 16.9 Å². The number of rotatable bonds is 7. The van der Waals surface area contributed by atoms with E-state index in [1.54, 1.807) is 11.0 Å². The number of halogens is 1. The molecule has 0 bridgehead atoms. The molecule has 0 unspecified atom stereocenters. The second kappa shape index (κ2) is 10.4. The van der Waals surface area contributed by atoms with Crippen molar-refractivity contribution in [3.05, 3.63) is 58.6 Å². The van der Waals surface area contributed by atoms with Gasteiger partial charge < -0.3 is 14.6 Å². The lowest BCUT2D eigenvalue weighted by molar-refractivity contribution is -0.125. The zero-order valence-electron chi connectivity index (χ0n) is 19.9. The van der Waals surface area contributed by atoms with Crippen molar-refractivity contribution in [2.45, 2.75) is 44.4 Å². The van der Waals surface area contributed by atoms with Crippen LogP contribution in [-0.4, -0.2) is 41.4 Å². The highest BCUT2D eigenvalue weighted by Gasteiger charge is 2.39. The fourth-order valence-corrected chi connectivity index (χ4v) is 5.53. The maximum atomic E-state index is 13.7. The molecule has 4 rings (SSSR count). The lowest BCUT2D eigenvalue weighted by Crippen LogP contribution is -2.44. The highest BCUT2D eigenvalue weighted by Crippen LogP contribution is 2.43. The van der Waals surface area contributed by atoms with Gasteiger partial charge in [-0.1, -0.05) is 47.6 Å². The third-order valence-corrected chi connectivity index (χ3v) is 7.54. The third kappa shape index (κ3) is 4.83. The maximum absolute atomic E-state index is 13.7. The van der Waals surface area contributed by atoms with Crippen LogP contribution in [0.15, 0.2) is 47.5 Å². The molecule has 0 fully saturated rings. The van der Waals surface area contributed by atoms with Crippen LogP contribution >= 0.6 is 23.4 Å². The predicted molar refractivity (Wildman–Crippen MR) is 139 cm³/mol. The molecule has 1 aliphatic heterocycles. The van der Waals surface area contributed by atoms with E-state index in [1.165, 1.54) is 11.8 Å². The maximum Gasteiger partial charge on any atom is 0.247 e. The number of carbonyl (C=O) groups is 2. The summed E-state index contributed by atoms with van der Waals surface area (Å²) in [6, 6.07) is 12.7. The molecule has 0 saturated heterocycles. The molecule has 0 saturated carbocycles. The number of para-hydroxylation sites is 1. The van der Waals surface area contributed by atoms with Crippen LogP contribution in [0.2, 0.25) is 5.02 Å². The number of aryl methyl sites for hydroxylation is 2. The van der Waals surface area contributed by atoms with Crippen LogP contribution in [-0.2, 0) is 21.4 Å². The van der Waals surface area contributed by atoms with Crippen molar-refractivity contribution < 1.29 is 14.3 Å². The summed E-state index contributed by atoms with van der Waals surface area (Å²) in [5, 5.41) is 5.51. The summed E-state index contributed by atoms with van der Waals surface area (Å²) in [5.74, 6) is -0.113. The van der Waals surface area contributed by atoms with Gasteiger partial charge in [-0.05, 0) is 51.0 Å². The highest BCUT2D eigenvalue weighted by atomic mass is 35.5. The molecule has 34 heavy (non-hydrogen) atoms. The molecule has 1 aromatic heterocycles. The normalized spacial score (nSPS) is 16.1. The Morgan fingerprint density at radius 3 is 2.76 bits per heavy atom. The van der Waals surface area contributed by atoms with Crippen LogP contribution in [0.1, 0.15) is 37.4 Å². The molecule has 0 spiro atoms. The van der Waals surface area contributed by atoms with E-state index in [4.69, 9.17) is 16.3 Å². The Labute approximate surface area is 209 Å². The quantitative estimate of drug-likeness (QED) is 0.451. The van der Waals surface area contributed by atoms with E-state index in [0.29, 0.717) is 30.3 Å². The minimum absolute atomic E-state index is 0.131. The van der Waals surface area contributed by atoms with Crippen LogP contribution in [0.4, 0.5) is 5.69 Å². The SMILES string of the molecule is Cc1ccc(N2C(=O)CSc3c(c4ccccc4n3C)[C@@H]2C(=O)NCCCOC(C)C)cc1Cl. The van der Waals surface area contributed by atoms with Crippen LogP contribution in [0, 0.1) is 6.92 Å². The first kappa shape index (κ1) is 24.6. The monoisotopic (exact) mass is 499 g/mol. The third-order valence-electron chi connectivity index (χ3n) is 5.98. The summed E-state index contributed by atoms with van der Waals surface area (Å²) < 4.78 is 7.68. The van der Waals surface area contributed by atoms with Crippen molar-refractivity contribution in [3.8, 4) is 0 Å². The molecule has 0 radical (unpaired) electrons. The molecule has 8 heteroatoms. The Kier molecular flexibility index (Phi) is 7.55. The number of hydrogen-bond acceptors (Lipinski definition) is 4. The molecule has 2 heterocycles. The van der Waals surface area contributed by atoms with Gasteiger partial charge in [0.1, 0.15) is 6.04 Å². The zero-order valence-corrected chi connectivity index (χ0v) is 21.5. The molecule has 1 N–H and O–H groups in total. The number of nitrogens with zero attached hydrogens (tertiary/aromatic N) is 2. The van der Waals surface area contributed by atoms with Crippen LogP contribution in [0.3, 0.4) is 0 Å². The minimum atomic E-state index is -0.812. The van der Waals surface area contributed by atoms with Gasteiger partial charge in [-0.2, -0.15) is 0 Å². The molecule has 2 amide bonds. The standard InChI is InChI=1S/C26H30ClN3O3S/c1-16(2)33-13-7-12-28-25(32)24-23-19-8-5-6-9-21(19)29(4)26(23)34-15-22(31)30(24)18-11-10-17(3)20(27)14-18/h5-6,8-11,14,16,24H,7,12-13,15H2,1-4H3,(H,28,32)/t24-/m1/s1. The summed E-state index contributed by atoms with van der Waals surface area (Å²) in [4.78, 5) is 28.8. The van der Waals surface area contributed by atoms with Gasteiger partial charge in [-0.25, -0.2) is 0 Å². The van der Waals surface area contributed by atoms with Crippen molar-refractivity contribution in [1.29, 1.82) is 0 Å². The Morgan fingerprint density at radius 1 is 1.26 bits per heavy atom. The number of thioether (sulfide) groups is 1. The first-order valence-corrected chi connectivity index (χ1v) is 12.8. The van der Waals surface area contributed by atoms with Crippen LogP contribution in [0.25, 0.3) is 10.9 Å². The Hall–Kier alpha value is -2.48. The number of carbonyl (C=O) groups excluding carboxylic acids is 2. The van der Waals surface area contributed by atoms with Crippen molar-refractivity contribution in [3.63, 3.8) is 0 Å². The van der Waals surface area contributed by atoms with Crippen molar-refractivity contribution in [2.24, 2.45) is 7.05 Å². The molecule has 2 aromatic carbocycles. The van der Waals surface area contributed by atoms with E-state index in [9.17, 15) is 9.59 Å². The van der Waals surface area contributed by atoms with E-state index in [0.717, 1.165) is 27.1 Å². The average molecular weight is 500 g/mol. The Morgan fingerprint density at radius 2 is 2.03 bits per heavy atom. The second-order valence-corrected chi connectivity index (χ2v) is 10.1. The lowest BCUT2D eigenvalue weighted by atomic mass is 10.0. The topological polar surface area (TPSA) is 63.6 Å². The molecule has 1 atom stereocenters. The largest absolute Gasteiger partial charge is 0.379 e. The van der Waals surface area contributed by atoms with E-state index in [1.807, 2.05) is 64.2 Å². The van der Waals surface area contributed by atoms with E-state index in [-0.39, 0.29) is 23.7 Å². The lowest BCUT2D eigenvalue weighted by Gasteiger charge is -2.30. The van der Waals surface area contributed by atoms with Gasteiger partial charge >= 0.3 is 0 Å². The van der Waals surface area contributed by atoms with Crippen molar-refractivity contribution >= 4 is 51.8 Å². The molecule has 1 aliphatic rings. The number of anilines is 1. The zero-order chi connectivity index (χ0) is 24.4. The fraction of sp³-hybridized carbons (Fsp3) is 0.385. The molecular weight excluding hydrogens is 470 g/mol. The second-order valence-electron chi connectivity index (χ2n) is 8.75. The molecule has 0 aliphatic carbocycles. The molecule has 6 nitrogen and oxygen atoms in total. The van der Waals surface area contributed by atoms with E-state index >= 15 is 0 Å². The molecular formula is C26H30ClN3O3S. The van der Waals surface area contributed by atoms with Crippen LogP contribution in [0.5, 0.6) is 0 Å². The van der Waals surface area contributed by atoms with Gasteiger partial charge in [0.15, 0.2) is 0 Å². The molecule has 180 valence electrons. The summed E-state index contributed by atoms with van der Waals surface area (Å²) in [6.45, 7) is 6.92. The summed E-state index contributed by atoms with van der Waals surface area (Å²) in [6.07, 6.45) is 0.838. The Balaban J connectivity index is 1.78. The number of amides is 2. The van der Waals surface area contributed by atoms with Gasteiger partial charge in [0.25, 0.3) is 0 Å². The Bertz CT molecular complexity index is 1220. The summed E-state index contributed by atoms with van der Waals surface area (Å²) >= 11 is 7.90. The van der Waals surface area contributed by atoms with Gasteiger partial charge in [0.2, 0.25) is 11.8 Å².